The number of sulfone groups is 1. The highest BCUT2D eigenvalue weighted by Crippen LogP contribution is 2.28. The second-order valence-electron chi connectivity index (χ2n) is 6.30. The number of carbonyl (C=O) groups excluding carboxylic acids is 1. The molecule has 0 fully saturated rings. The number of aromatic nitrogens is 1. The van der Waals surface area contributed by atoms with Crippen LogP contribution < -0.4 is 5.32 Å². The van der Waals surface area contributed by atoms with Gasteiger partial charge in [-0.1, -0.05) is 19.9 Å². The van der Waals surface area contributed by atoms with E-state index < -0.39 is 9.84 Å². The highest BCUT2D eigenvalue weighted by atomic mass is 32.2. The fourth-order valence-corrected chi connectivity index (χ4v) is 4.95. The van der Waals surface area contributed by atoms with Crippen molar-refractivity contribution in [1.82, 2.24) is 9.88 Å². The minimum absolute atomic E-state index is 0.00549. The highest BCUT2D eigenvalue weighted by molar-refractivity contribution is 7.91. The lowest BCUT2D eigenvalue weighted by Gasteiger charge is -2.24. The first-order valence-corrected chi connectivity index (χ1v) is 11.2. The van der Waals surface area contributed by atoms with Gasteiger partial charge in [-0.05, 0) is 31.2 Å². The predicted octanol–water partition coefficient (Wildman–Crippen LogP) is 2.96. The zero-order valence-corrected chi connectivity index (χ0v) is 16.6. The molecule has 0 radical (unpaired) electrons. The number of hydrogen-bond acceptors (Lipinski definition) is 6. The maximum absolute atomic E-state index is 12.5. The van der Waals surface area contributed by atoms with Gasteiger partial charge in [0.25, 0.3) is 5.91 Å². The van der Waals surface area contributed by atoms with E-state index in [1.54, 1.807) is 19.1 Å². The molecule has 0 atom stereocenters. The van der Waals surface area contributed by atoms with Crippen LogP contribution in [-0.2, 0) is 22.8 Å². The van der Waals surface area contributed by atoms with E-state index >= 15 is 0 Å². The molecular formula is C18H23N3O3S2. The van der Waals surface area contributed by atoms with Gasteiger partial charge >= 0.3 is 0 Å². The van der Waals surface area contributed by atoms with Crippen LogP contribution in [0.3, 0.4) is 0 Å². The number of carbonyl (C=O) groups is 1. The summed E-state index contributed by atoms with van der Waals surface area (Å²) in [4.78, 5) is 20.8. The molecule has 1 aromatic heterocycles. The normalized spacial score (nSPS) is 14.8. The summed E-state index contributed by atoms with van der Waals surface area (Å²) in [5.41, 5.74) is 1.38. The largest absolute Gasteiger partial charge is 0.298 e. The van der Waals surface area contributed by atoms with Crippen LogP contribution in [0.4, 0.5) is 5.13 Å². The summed E-state index contributed by atoms with van der Waals surface area (Å²) >= 11 is 1.50. The van der Waals surface area contributed by atoms with Crippen molar-refractivity contribution in [2.24, 2.45) is 0 Å². The van der Waals surface area contributed by atoms with Gasteiger partial charge in [-0.2, -0.15) is 0 Å². The lowest BCUT2D eigenvalue weighted by Crippen LogP contribution is -2.30. The van der Waals surface area contributed by atoms with E-state index in [1.165, 1.54) is 28.3 Å². The molecule has 2 aromatic rings. The maximum atomic E-state index is 12.5. The quantitative estimate of drug-likeness (QED) is 0.816. The summed E-state index contributed by atoms with van der Waals surface area (Å²) in [6, 6.07) is 6.14. The molecule has 0 aliphatic carbocycles. The number of nitrogens with zero attached hydrogens (tertiary/aromatic N) is 2. The third-order valence-corrected chi connectivity index (χ3v) is 7.14. The van der Waals surface area contributed by atoms with E-state index in [2.05, 4.69) is 22.1 Å². The van der Waals surface area contributed by atoms with Gasteiger partial charge in [0, 0.05) is 30.0 Å². The highest BCUT2D eigenvalue weighted by Gasteiger charge is 2.21. The van der Waals surface area contributed by atoms with Crippen molar-refractivity contribution in [3.05, 3.63) is 40.4 Å². The number of nitrogens with one attached hydrogen (secondary N) is 1. The molecule has 3 rings (SSSR count). The molecule has 8 heteroatoms. The van der Waals surface area contributed by atoms with E-state index in [4.69, 9.17) is 0 Å². The minimum Gasteiger partial charge on any atom is -0.298 e. The Morgan fingerprint density at radius 1 is 1.35 bits per heavy atom. The van der Waals surface area contributed by atoms with Gasteiger partial charge in [-0.3, -0.25) is 15.0 Å². The van der Waals surface area contributed by atoms with Crippen molar-refractivity contribution in [3.8, 4) is 0 Å². The second-order valence-corrected chi connectivity index (χ2v) is 9.66. The average Bonchev–Trinajstić information content (AvgIpc) is 3.03. The van der Waals surface area contributed by atoms with Crippen molar-refractivity contribution in [3.63, 3.8) is 0 Å². The number of fused-ring (bicyclic) bond motifs is 1. The van der Waals surface area contributed by atoms with Crippen LogP contribution >= 0.6 is 11.3 Å². The van der Waals surface area contributed by atoms with Gasteiger partial charge in [0.05, 0.1) is 16.3 Å². The van der Waals surface area contributed by atoms with E-state index in [9.17, 15) is 13.2 Å². The van der Waals surface area contributed by atoms with Crippen LogP contribution in [0.1, 0.15) is 41.2 Å². The van der Waals surface area contributed by atoms with Crippen molar-refractivity contribution < 1.29 is 13.2 Å². The lowest BCUT2D eigenvalue weighted by atomic mass is 10.2. The number of rotatable bonds is 6. The molecule has 1 N–H and O–H groups in total. The van der Waals surface area contributed by atoms with Crippen LogP contribution in [0.25, 0.3) is 0 Å². The van der Waals surface area contributed by atoms with E-state index in [0.29, 0.717) is 10.7 Å². The molecule has 6 nitrogen and oxygen atoms in total. The van der Waals surface area contributed by atoms with Crippen LogP contribution in [0, 0.1) is 0 Å². The van der Waals surface area contributed by atoms with Gasteiger partial charge in [0.2, 0.25) is 0 Å². The smallest absolute Gasteiger partial charge is 0.257 e. The Labute approximate surface area is 158 Å². The Balaban J connectivity index is 1.75. The third-order valence-electron chi connectivity index (χ3n) is 4.41. The van der Waals surface area contributed by atoms with E-state index in [-0.39, 0.29) is 16.6 Å². The zero-order valence-electron chi connectivity index (χ0n) is 15.0. The summed E-state index contributed by atoms with van der Waals surface area (Å²) in [6.45, 7) is 6.69. The molecule has 140 valence electrons. The van der Waals surface area contributed by atoms with Crippen LogP contribution in [-0.4, -0.2) is 43.1 Å². The van der Waals surface area contributed by atoms with Gasteiger partial charge in [-0.25, -0.2) is 13.4 Å². The summed E-state index contributed by atoms with van der Waals surface area (Å²) < 4.78 is 24.0. The summed E-state index contributed by atoms with van der Waals surface area (Å²) in [5, 5.41) is 3.39. The van der Waals surface area contributed by atoms with E-state index in [1.807, 2.05) is 0 Å². The molecule has 0 bridgehead atoms. The molecule has 0 spiro atoms. The molecule has 1 aliphatic rings. The Morgan fingerprint density at radius 2 is 2.15 bits per heavy atom. The van der Waals surface area contributed by atoms with Gasteiger partial charge < -0.3 is 0 Å². The Hall–Kier alpha value is -1.77. The zero-order chi connectivity index (χ0) is 18.7. The average molecular weight is 394 g/mol. The molecule has 2 heterocycles. The summed E-state index contributed by atoms with van der Waals surface area (Å²) in [6.07, 6.45) is 2.01. The maximum Gasteiger partial charge on any atom is 0.257 e. The topological polar surface area (TPSA) is 79.4 Å². The molecule has 26 heavy (non-hydrogen) atoms. The second kappa shape index (κ2) is 7.85. The molecular weight excluding hydrogens is 370 g/mol. The SMILES string of the molecule is CCCN1CCc2nc(NC(=O)c3cccc(S(=O)(=O)CC)c3)sc2C1. The number of benzene rings is 1. The van der Waals surface area contributed by atoms with Crippen LogP contribution in [0.5, 0.6) is 0 Å². The van der Waals surface area contributed by atoms with Gasteiger partial charge in [0.15, 0.2) is 15.0 Å². The first-order chi connectivity index (χ1) is 12.4. The molecule has 1 amide bonds. The fourth-order valence-electron chi connectivity index (χ4n) is 2.98. The van der Waals surface area contributed by atoms with Crippen LogP contribution in [0.2, 0.25) is 0 Å². The summed E-state index contributed by atoms with van der Waals surface area (Å²) in [5.74, 6) is -0.333. The third kappa shape index (κ3) is 4.13. The molecule has 0 saturated heterocycles. The fraction of sp³-hybridized carbons (Fsp3) is 0.444. The van der Waals surface area contributed by atoms with Crippen LogP contribution in [0.15, 0.2) is 29.2 Å². The van der Waals surface area contributed by atoms with E-state index in [0.717, 1.165) is 38.2 Å². The first-order valence-electron chi connectivity index (χ1n) is 8.78. The Kier molecular flexibility index (Phi) is 5.74. The van der Waals surface area contributed by atoms with Crippen molar-refractivity contribution in [2.75, 3.05) is 24.2 Å². The van der Waals surface area contributed by atoms with Gasteiger partial charge in [0.1, 0.15) is 0 Å². The Morgan fingerprint density at radius 3 is 2.88 bits per heavy atom. The molecule has 1 aliphatic heterocycles. The first kappa shape index (κ1) is 19.0. The standard InChI is InChI=1S/C18H23N3O3S2/c1-3-9-21-10-8-15-16(12-21)25-18(19-15)20-17(22)13-6-5-7-14(11-13)26(23,24)4-2/h5-7,11H,3-4,8-10,12H2,1-2H3,(H,19,20,22). The number of hydrogen-bond donors (Lipinski definition) is 1. The molecule has 0 unspecified atom stereocenters. The molecule has 1 aromatic carbocycles. The predicted molar refractivity (Wildman–Crippen MR) is 104 cm³/mol. The monoisotopic (exact) mass is 393 g/mol. The van der Waals surface area contributed by atoms with Crippen molar-refractivity contribution in [1.29, 1.82) is 0 Å². The number of thiazole rings is 1. The van der Waals surface area contributed by atoms with Crippen molar-refractivity contribution >= 4 is 32.2 Å². The summed E-state index contributed by atoms with van der Waals surface area (Å²) in [7, 11) is -3.34. The minimum atomic E-state index is -3.34. The Bertz CT molecular complexity index is 906. The molecule has 0 saturated carbocycles. The lowest BCUT2D eigenvalue weighted by molar-refractivity contribution is 0.102. The number of anilines is 1. The van der Waals surface area contributed by atoms with Gasteiger partial charge in [-0.15, -0.1) is 11.3 Å². The van der Waals surface area contributed by atoms with Crippen molar-refractivity contribution in [2.45, 2.75) is 38.1 Å². The number of amides is 1.